The van der Waals surface area contributed by atoms with Crippen LogP contribution >= 0.6 is 11.6 Å². The molecule has 4 heteroatoms. The number of hydrogen-bond acceptors (Lipinski definition) is 2. The van der Waals surface area contributed by atoms with Crippen LogP contribution < -0.4 is 10.1 Å². The van der Waals surface area contributed by atoms with Crippen LogP contribution in [0.4, 0.5) is 5.69 Å². The van der Waals surface area contributed by atoms with E-state index in [1.54, 1.807) is 19.1 Å². The molecule has 22 heavy (non-hydrogen) atoms. The Morgan fingerprint density at radius 3 is 2.64 bits per heavy atom. The van der Waals surface area contributed by atoms with Gasteiger partial charge < -0.3 is 10.1 Å². The van der Waals surface area contributed by atoms with E-state index in [0.29, 0.717) is 10.7 Å². The summed E-state index contributed by atoms with van der Waals surface area (Å²) in [5, 5.41) is 3.48. The van der Waals surface area contributed by atoms with Crippen molar-refractivity contribution in [2.45, 2.75) is 33.8 Å². The van der Waals surface area contributed by atoms with E-state index in [1.807, 2.05) is 45.0 Å². The van der Waals surface area contributed by atoms with Gasteiger partial charge in [-0.15, -0.1) is 0 Å². The quantitative estimate of drug-likeness (QED) is 0.889. The van der Waals surface area contributed by atoms with Crippen molar-refractivity contribution in [2.24, 2.45) is 0 Å². The molecule has 0 saturated heterocycles. The fourth-order valence-electron chi connectivity index (χ4n) is 2.06. The normalized spacial score (nSPS) is 11.9. The summed E-state index contributed by atoms with van der Waals surface area (Å²) in [5.41, 5.74) is 3.65. The second-order valence-corrected chi connectivity index (χ2v) is 5.84. The Balaban J connectivity index is 2.09. The average Bonchev–Trinajstić information content (AvgIpc) is 2.47. The van der Waals surface area contributed by atoms with Gasteiger partial charge in [0.2, 0.25) is 0 Å². The zero-order valence-corrected chi connectivity index (χ0v) is 14.0. The van der Waals surface area contributed by atoms with E-state index in [2.05, 4.69) is 5.32 Å². The Kier molecular flexibility index (Phi) is 5.09. The van der Waals surface area contributed by atoms with E-state index in [1.165, 1.54) is 0 Å². The van der Waals surface area contributed by atoms with Crippen molar-refractivity contribution in [1.29, 1.82) is 0 Å². The summed E-state index contributed by atoms with van der Waals surface area (Å²) < 4.78 is 5.79. The number of hydrogen-bond donors (Lipinski definition) is 1. The topological polar surface area (TPSA) is 38.3 Å². The van der Waals surface area contributed by atoms with Crippen LogP contribution in [0.2, 0.25) is 5.02 Å². The number of amides is 1. The van der Waals surface area contributed by atoms with Gasteiger partial charge in [0.25, 0.3) is 5.91 Å². The van der Waals surface area contributed by atoms with Gasteiger partial charge in [0, 0.05) is 10.7 Å². The van der Waals surface area contributed by atoms with Crippen LogP contribution in [-0.2, 0) is 4.79 Å². The van der Waals surface area contributed by atoms with Gasteiger partial charge in [-0.3, -0.25) is 4.79 Å². The lowest BCUT2D eigenvalue weighted by atomic mass is 10.1. The van der Waals surface area contributed by atoms with Crippen LogP contribution in [0, 0.1) is 20.8 Å². The standard InChI is InChI=1S/C18H20ClNO2/c1-11-8-9-12(2)17(10-11)22-14(4)18(21)20-16-7-5-6-15(19)13(16)3/h5-10,14H,1-4H3,(H,20,21)/t14-/m0/s1. The van der Waals surface area contributed by atoms with Gasteiger partial charge in [0.1, 0.15) is 5.75 Å². The van der Waals surface area contributed by atoms with Gasteiger partial charge in [0.05, 0.1) is 0 Å². The first-order valence-corrected chi connectivity index (χ1v) is 7.56. The lowest BCUT2D eigenvalue weighted by molar-refractivity contribution is -0.122. The third kappa shape index (κ3) is 3.80. The Labute approximate surface area is 136 Å². The minimum absolute atomic E-state index is 0.203. The van der Waals surface area contributed by atoms with Gasteiger partial charge in [-0.25, -0.2) is 0 Å². The maximum atomic E-state index is 12.3. The van der Waals surface area contributed by atoms with Crippen molar-refractivity contribution in [2.75, 3.05) is 5.32 Å². The minimum Gasteiger partial charge on any atom is -0.481 e. The van der Waals surface area contributed by atoms with Gasteiger partial charge >= 0.3 is 0 Å². The van der Waals surface area contributed by atoms with Crippen LogP contribution in [-0.4, -0.2) is 12.0 Å². The molecule has 1 amide bonds. The van der Waals surface area contributed by atoms with Gasteiger partial charge in [-0.2, -0.15) is 0 Å². The molecule has 0 aliphatic carbocycles. The highest BCUT2D eigenvalue weighted by atomic mass is 35.5. The Bertz CT molecular complexity index is 697. The van der Waals surface area contributed by atoms with Crippen LogP contribution in [0.1, 0.15) is 23.6 Å². The van der Waals surface area contributed by atoms with Crippen LogP contribution in [0.15, 0.2) is 36.4 Å². The highest BCUT2D eigenvalue weighted by Gasteiger charge is 2.17. The molecule has 1 N–H and O–H groups in total. The summed E-state index contributed by atoms with van der Waals surface area (Å²) in [5.74, 6) is 0.525. The van der Waals surface area contributed by atoms with Crippen molar-refractivity contribution >= 4 is 23.2 Å². The van der Waals surface area contributed by atoms with E-state index >= 15 is 0 Å². The largest absolute Gasteiger partial charge is 0.481 e. The zero-order valence-electron chi connectivity index (χ0n) is 13.2. The molecule has 0 aliphatic rings. The van der Waals surface area contributed by atoms with E-state index < -0.39 is 6.10 Å². The number of nitrogens with one attached hydrogen (secondary N) is 1. The molecule has 2 aromatic carbocycles. The molecule has 1 atom stereocenters. The first kappa shape index (κ1) is 16.4. The molecule has 2 aromatic rings. The smallest absolute Gasteiger partial charge is 0.265 e. The molecule has 3 nitrogen and oxygen atoms in total. The number of aryl methyl sites for hydroxylation is 2. The molecule has 0 aromatic heterocycles. The number of benzene rings is 2. The molecule has 0 aliphatic heterocycles. The molecular formula is C18H20ClNO2. The third-order valence-electron chi connectivity index (χ3n) is 3.54. The van der Waals surface area contributed by atoms with Gasteiger partial charge in [0.15, 0.2) is 6.10 Å². The second kappa shape index (κ2) is 6.84. The van der Waals surface area contributed by atoms with Crippen molar-refractivity contribution < 1.29 is 9.53 Å². The van der Waals surface area contributed by atoms with Crippen molar-refractivity contribution in [3.05, 3.63) is 58.1 Å². The zero-order chi connectivity index (χ0) is 16.3. The maximum Gasteiger partial charge on any atom is 0.265 e. The summed E-state index contributed by atoms with van der Waals surface area (Å²) >= 11 is 6.06. The Morgan fingerprint density at radius 2 is 1.91 bits per heavy atom. The first-order chi connectivity index (χ1) is 10.4. The Hall–Kier alpha value is -2.00. The number of carbonyl (C=O) groups excluding carboxylic acids is 1. The molecule has 0 bridgehead atoms. The number of ether oxygens (including phenoxy) is 1. The molecule has 0 saturated carbocycles. The van der Waals surface area contributed by atoms with Crippen molar-refractivity contribution in [3.8, 4) is 5.75 Å². The molecular weight excluding hydrogens is 298 g/mol. The fraction of sp³-hybridized carbons (Fsp3) is 0.278. The van der Waals surface area contributed by atoms with Crippen molar-refractivity contribution in [3.63, 3.8) is 0 Å². The van der Waals surface area contributed by atoms with Crippen LogP contribution in [0.3, 0.4) is 0 Å². The highest BCUT2D eigenvalue weighted by molar-refractivity contribution is 6.31. The molecule has 116 valence electrons. The average molecular weight is 318 g/mol. The predicted octanol–water partition coefficient (Wildman–Crippen LogP) is 4.67. The van der Waals surface area contributed by atoms with E-state index in [4.69, 9.17) is 16.3 Å². The number of anilines is 1. The third-order valence-corrected chi connectivity index (χ3v) is 3.95. The predicted molar refractivity (Wildman–Crippen MR) is 90.8 cm³/mol. The maximum absolute atomic E-state index is 12.3. The number of carbonyl (C=O) groups is 1. The van der Waals surface area contributed by atoms with Crippen LogP contribution in [0.5, 0.6) is 5.75 Å². The molecule has 0 heterocycles. The lowest BCUT2D eigenvalue weighted by Gasteiger charge is -2.17. The SMILES string of the molecule is Cc1ccc(C)c(O[C@@H](C)C(=O)Nc2cccc(Cl)c2C)c1. The lowest BCUT2D eigenvalue weighted by Crippen LogP contribution is -2.30. The highest BCUT2D eigenvalue weighted by Crippen LogP contribution is 2.24. The minimum atomic E-state index is -0.598. The Morgan fingerprint density at radius 1 is 1.18 bits per heavy atom. The summed E-state index contributed by atoms with van der Waals surface area (Å²) in [7, 11) is 0. The van der Waals surface area contributed by atoms with E-state index in [0.717, 1.165) is 22.4 Å². The summed E-state index contributed by atoms with van der Waals surface area (Å²) in [4.78, 5) is 12.3. The van der Waals surface area contributed by atoms with E-state index in [9.17, 15) is 4.79 Å². The summed E-state index contributed by atoms with van der Waals surface area (Å²) in [6.45, 7) is 7.55. The summed E-state index contributed by atoms with van der Waals surface area (Å²) in [6, 6.07) is 11.4. The second-order valence-electron chi connectivity index (χ2n) is 5.43. The monoisotopic (exact) mass is 317 g/mol. The van der Waals surface area contributed by atoms with Gasteiger partial charge in [-0.05, 0) is 62.6 Å². The first-order valence-electron chi connectivity index (χ1n) is 7.18. The van der Waals surface area contributed by atoms with E-state index in [-0.39, 0.29) is 5.91 Å². The number of halogens is 1. The summed E-state index contributed by atoms with van der Waals surface area (Å²) in [6.07, 6.45) is -0.598. The molecule has 2 rings (SSSR count). The fourth-order valence-corrected chi connectivity index (χ4v) is 2.23. The van der Waals surface area contributed by atoms with Crippen LogP contribution in [0.25, 0.3) is 0 Å². The molecule has 0 unspecified atom stereocenters. The molecule has 0 spiro atoms. The van der Waals surface area contributed by atoms with Gasteiger partial charge in [-0.1, -0.05) is 29.8 Å². The number of rotatable bonds is 4. The molecule has 0 fully saturated rings. The molecule has 0 radical (unpaired) electrons. The van der Waals surface area contributed by atoms with Crippen molar-refractivity contribution in [1.82, 2.24) is 0 Å².